The summed E-state index contributed by atoms with van der Waals surface area (Å²) in [7, 11) is 1.67. The van der Waals surface area contributed by atoms with Crippen LogP contribution in [-0.4, -0.2) is 29.4 Å². The van der Waals surface area contributed by atoms with Crippen LogP contribution in [0.4, 0.5) is 0 Å². The summed E-state index contributed by atoms with van der Waals surface area (Å²) in [5.41, 5.74) is 5.51. The molecule has 0 saturated carbocycles. The van der Waals surface area contributed by atoms with Crippen LogP contribution in [0, 0.1) is 13.8 Å². The lowest BCUT2D eigenvalue weighted by Crippen LogP contribution is -2.37. The first-order valence-corrected chi connectivity index (χ1v) is 9.87. The van der Waals surface area contributed by atoms with Crippen LogP contribution in [-0.2, 0) is 13.1 Å². The van der Waals surface area contributed by atoms with Crippen molar-refractivity contribution in [2.45, 2.75) is 33.9 Å². The zero-order chi connectivity index (χ0) is 20.6. The number of ether oxygens (including phenoxy) is 1. The molecule has 0 aliphatic heterocycles. The van der Waals surface area contributed by atoms with Crippen LogP contribution in [0.25, 0.3) is 5.69 Å². The number of rotatable bonds is 7. The summed E-state index contributed by atoms with van der Waals surface area (Å²) in [5, 5.41) is 11.4. The van der Waals surface area contributed by atoms with Gasteiger partial charge in [-0.05, 0) is 56.2 Å². The Morgan fingerprint density at radius 3 is 2.43 bits per heavy atom. The lowest BCUT2D eigenvalue weighted by atomic mass is 10.1. The van der Waals surface area contributed by atoms with Crippen molar-refractivity contribution in [1.29, 1.82) is 0 Å². The van der Waals surface area contributed by atoms with Gasteiger partial charge >= 0.3 is 0 Å². The molecular formula is C23H30IN5O. The minimum absolute atomic E-state index is 0. The fourth-order valence-electron chi connectivity index (χ4n) is 3.16. The summed E-state index contributed by atoms with van der Waals surface area (Å²) >= 11 is 0. The van der Waals surface area contributed by atoms with Gasteiger partial charge in [0, 0.05) is 18.8 Å². The Balaban J connectivity index is 0.00000320. The minimum Gasteiger partial charge on any atom is -0.497 e. The second-order valence-electron chi connectivity index (χ2n) is 6.86. The summed E-state index contributed by atoms with van der Waals surface area (Å²) in [5.74, 6) is 1.63. The van der Waals surface area contributed by atoms with Gasteiger partial charge in [0.05, 0.1) is 25.0 Å². The van der Waals surface area contributed by atoms with E-state index in [4.69, 9.17) is 9.73 Å². The Morgan fingerprint density at radius 1 is 1.07 bits per heavy atom. The number of para-hydroxylation sites is 1. The number of aromatic nitrogens is 2. The zero-order valence-electron chi connectivity index (χ0n) is 18.0. The van der Waals surface area contributed by atoms with Gasteiger partial charge < -0.3 is 15.4 Å². The monoisotopic (exact) mass is 519 g/mol. The second-order valence-corrected chi connectivity index (χ2v) is 6.86. The summed E-state index contributed by atoms with van der Waals surface area (Å²) in [6.45, 7) is 8.20. The molecule has 0 atom stereocenters. The van der Waals surface area contributed by atoms with Gasteiger partial charge in [-0.25, -0.2) is 9.67 Å². The van der Waals surface area contributed by atoms with Crippen molar-refractivity contribution >= 4 is 29.9 Å². The van der Waals surface area contributed by atoms with Crippen molar-refractivity contribution in [3.05, 3.63) is 77.1 Å². The molecule has 3 aromatic rings. The van der Waals surface area contributed by atoms with Crippen molar-refractivity contribution in [1.82, 2.24) is 20.4 Å². The molecule has 0 fully saturated rings. The van der Waals surface area contributed by atoms with Crippen LogP contribution < -0.4 is 15.4 Å². The number of halogens is 1. The number of nitrogens with zero attached hydrogens (tertiary/aromatic N) is 3. The van der Waals surface area contributed by atoms with E-state index >= 15 is 0 Å². The summed E-state index contributed by atoms with van der Waals surface area (Å²) in [4.78, 5) is 4.71. The highest BCUT2D eigenvalue weighted by atomic mass is 127. The summed E-state index contributed by atoms with van der Waals surface area (Å²) < 4.78 is 7.20. The van der Waals surface area contributed by atoms with Gasteiger partial charge in [0.15, 0.2) is 5.96 Å². The van der Waals surface area contributed by atoms with E-state index in [0.29, 0.717) is 13.1 Å². The first-order valence-electron chi connectivity index (χ1n) is 9.87. The average Bonchev–Trinajstić information content (AvgIpc) is 3.08. The quantitative estimate of drug-likeness (QED) is 0.277. The molecule has 0 bridgehead atoms. The maximum absolute atomic E-state index is 5.21. The fourth-order valence-corrected chi connectivity index (χ4v) is 3.16. The predicted molar refractivity (Wildman–Crippen MR) is 133 cm³/mol. The molecule has 30 heavy (non-hydrogen) atoms. The molecule has 1 aromatic heterocycles. The first-order chi connectivity index (χ1) is 14.1. The Morgan fingerprint density at radius 2 is 1.80 bits per heavy atom. The van der Waals surface area contributed by atoms with E-state index in [-0.39, 0.29) is 24.0 Å². The number of guanidine groups is 1. The van der Waals surface area contributed by atoms with E-state index in [1.807, 2.05) is 48.0 Å². The highest BCUT2D eigenvalue weighted by Gasteiger charge is 2.09. The zero-order valence-corrected chi connectivity index (χ0v) is 20.3. The van der Waals surface area contributed by atoms with Crippen LogP contribution in [0.3, 0.4) is 0 Å². The van der Waals surface area contributed by atoms with Crippen molar-refractivity contribution in [3.63, 3.8) is 0 Å². The van der Waals surface area contributed by atoms with E-state index < -0.39 is 0 Å². The molecule has 0 radical (unpaired) electrons. The second kappa shape index (κ2) is 11.6. The highest BCUT2D eigenvalue weighted by Crippen LogP contribution is 2.17. The maximum Gasteiger partial charge on any atom is 0.191 e. The number of nitrogens with one attached hydrogen (secondary N) is 2. The molecule has 0 aliphatic carbocycles. The topological polar surface area (TPSA) is 63.5 Å². The van der Waals surface area contributed by atoms with E-state index in [9.17, 15) is 0 Å². The summed E-state index contributed by atoms with van der Waals surface area (Å²) in [6.07, 6.45) is 0. The SMILES string of the molecule is CCNC(=NCc1ccc(OC)cc1)NCc1ccccc1-n1nc(C)cc1C.I. The van der Waals surface area contributed by atoms with Crippen molar-refractivity contribution < 1.29 is 4.74 Å². The Labute approximate surface area is 195 Å². The first kappa shape index (κ1) is 23.7. The van der Waals surface area contributed by atoms with E-state index in [2.05, 4.69) is 47.8 Å². The van der Waals surface area contributed by atoms with Gasteiger partial charge in [-0.3, -0.25) is 0 Å². The summed E-state index contributed by atoms with van der Waals surface area (Å²) in [6, 6.07) is 18.4. The minimum atomic E-state index is 0. The predicted octanol–water partition coefficient (Wildman–Crippen LogP) is 4.37. The number of hydrogen-bond donors (Lipinski definition) is 2. The molecule has 6 nitrogen and oxygen atoms in total. The van der Waals surface area contributed by atoms with Gasteiger partial charge in [-0.15, -0.1) is 24.0 Å². The van der Waals surface area contributed by atoms with Crippen molar-refractivity contribution in [2.75, 3.05) is 13.7 Å². The third kappa shape index (κ3) is 6.22. The smallest absolute Gasteiger partial charge is 0.191 e. The van der Waals surface area contributed by atoms with Crippen LogP contribution in [0.15, 0.2) is 59.6 Å². The largest absolute Gasteiger partial charge is 0.497 e. The number of aliphatic imine (C=N–C) groups is 1. The third-order valence-electron chi connectivity index (χ3n) is 4.60. The molecule has 0 saturated heterocycles. The Hall–Kier alpha value is -2.55. The van der Waals surface area contributed by atoms with Crippen LogP contribution >= 0.6 is 24.0 Å². The lowest BCUT2D eigenvalue weighted by Gasteiger charge is -2.15. The molecule has 0 amide bonds. The molecule has 0 unspecified atom stereocenters. The average molecular weight is 519 g/mol. The molecule has 0 spiro atoms. The molecule has 7 heteroatoms. The molecule has 3 rings (SSSR count). The Kier molecular flexibility index (Phi) is 9.16. The molecule has 1 heterocycles. The van der Waals surface area contributed by atoms with Gasteiger partial charge in [0.25, 0.3) is 0 Å². The number of hydrogen-bond acceptors (Lipinski definition) is 3. The number of methoxy groups -OCH3 is 1. The highest BCUT2D eigenvalue weighted by molar-refractivity contribution is 14.0. The fraction of sp³-hybridized carbons (Fsp3) is 0.304. The third-order valence-corrected chi connectivity index (χ3v) is 4.60. The molecule has 160 valence electrons. The van der Waals surface area contributed by atoms with Crippen LogP contribution in [0.1, 0.15) is 29.4 Å². The van der Waals surface area contributed by atoms with Crippen LogP contribution in [0.5, 0.6) is 5.75 Å². The normalized spacial score (nSPS) is 11.0. The molecule has 2 N–H and O–H groups in total. The van der Waals surface area contributed by atoms with Crippen LogP contribution in [0.2, 0.25) is 0 Å². The standard InChI is InChI=1S/C23H29N5O.HI/c1-5-24-23(25-15-19-10-12-21(29-4)13-11-19)26-16-20-8-6-7-9-22(20)28-18(3)14-17(2)27-28;/h6-14H,5,15-16H2,1-4H3,(H2,24,25,26);1H. The van der Waals surface area contributed by atoms with Gasteiger partial charge in [-0.1, -0.05) is 30.3 Å². The van der Waals surface area contributed by atoms with Crippen molar-refractivity contribution in [2.24, 2.45) is 4.99 Å². The van der Waals surface area contributed by atoms with Gasteiger partial charge in [-0.2, -0.15) is 5.10 Å². The van der Waals surface area contributed by atoms with Crippen molar-refractivity contribution in [3.8, 4) is 11.4 Å². The number of aryl methyl sites for hydroxylation is 2. The Bertz CT molecular complexity index is 966. The van der Waals surface area contributed by atoms with E-state index in [1.54, 1.807) is 7.11 Å². The molecule has 0 aliphatic rings. The van der Waals surface area contributed by atoms with E-state index in [0.717, 1.165) is 46.5 Å². The maximum atomic E-state index is 5.21. The molecular weight excluding hydrogens is 489 g/mol. The lowest BCUT2D eigenvalue weighted by molar-refractivity contribution is 0.414. The van der Waals surface area contributed by atoms with Gasteiger partial charge in [0.1, 0.15) is 5.75 Å². The van der Waals surface area contributed by atoms with E-state index in [1.165, 1.54) is 0 Å². The molecule has 2 aromatic carbocycles. The number of benzene rings is 2. The van der Waals surface area contributed by atoms with Gasteiger partial charge in [0.2, 0.25) is 0 Å².